The Morgan fingerprint density at radius 2 is 2.06 bits per heavy atom. The van der Waals surface area contributed by atoms with Crippen LogP contribution in [0.5, 0.6) is 0 Å². The maximum atomic E-state index is 12.5. The Bertz CT molecular complexity index is 431. The highest BCUT2D eigenvalue weighted by Gasteiger charge is 2.30. The van der Waals surface area contributed by atoms with E-state index in [-0.39, 0.29) is 6.04 Å². The fourth-order valence-electron chi connectivity index (χ4n) is 1.67. The van der Waals surface area contributed by atoms with E-state index in [1.54, 1.807) is 6.07 Å². The zero-order valence-corrected chi connectivity index (χ0v) is 10.5. The molecule has 1 nitrogen and oxygen atoms in total. The number of terminal acetylenes is 1. The molecule has 0 unspecified atom stereocenters. The summed E-state index contributed by atoms with van der Waals surface area (Å²) in [5.74, 6) is 2.52. The molecule has 0 bridgehead atoms. The van der Waals surface area contributed by atoms with E-state index in [0.29, 0.717) is 18.5 Å². The van der Waals surface area contributed by atoms with Gasteiger partial charge in [0.25, 0.3) is 0 Å². The number of halogens is 3. The molecular weight excluding hydrogens is 239 g/mol. The largest absolute Gasteiger partial charge is 0.416 e. The number of likely N-dealkylation sites (N-methyl/N-ethyl adjacent to an activating group) is 1. The van der Waals surface area contributed by atoms with Gasteiger partial charge < -0.3 is 0 Å². The maximum Gasteiger partial charge on any atom is 0.416 e. The Hall–Kier alpha value is -1.47. The molecule has 0 amide bonds. The van der Waals surface area contributed by atoms with E-state index in [9.17, 15) is 13.2 Å². The van der Waals surface area contributed by atoms with Crippen molar-refractivity contribution in [2.24, 2.45) is 0 Å². The van der Waals surface area contributed by atoms with Crippen LogP contribution in [0.4, 0.5) is 13.2 Å². The average molecular weight is 255 g/mol. The lowest BCUT2D eigenvalue weighted by Crippen LogP contribution is -2.31. The lowest BCUT2D eigenvalue weighted by atomic mass is 10.0. The summed E-state index contributed by atoms with van der Waals surface area (Å²) in [4.78, 5) is 1.93. The normalized spacial score (nSPS) is 13.4. The van der Waals surface area contributed by atoms with Crippen LogP contribution in [0.1, 0.15) is 18.1 Å². The van der Waals surface area contributed by atoms with Gasteiger partial charge in [0.2, 0.25) is 0 Å². The second-order valence-electron chi connectivity index (χ2n) is 4.37. The molecule has 1 rings (SSSR count). The van der Waals surface area contributed by atoms with Crippen molar-refractivity contribution in [2.45, 2.75) is 25.6 Å². The molecule has 0 radical (unpaired) electrons. The molecule has 0 spiro atoms. The van der Waals surface area contributed by atoms with Crippen LogP contribution in [0.25, 0.3) is 0 Å². The van der Waals surface area contributed by atoms with E-state index in [2.05, 4.69) is 5.92 Å². The highest BCUT2D eigenvalue weighted by atomic mass is 19.4. The van der Waals surface area contributed by atoms with E-state index in [0.717, 1.165) is 6.07 Å². The molecule has 0 saturated heterocycles. The summed E-state index contributed by atoms with van der Waals surface area (Å²) in [6.07, 6.45) is 1.46. The smallest absolute Gasteiger partial charge is 0.292 e. The predicted octanol–water partition coefficient (Wildman–Crippen LogP) is 3.20. The maximum absolute atomic E-state index is 12.5. The van der Waals surface area contributed by atoms with Gasteiger partial charge in [-0.15, -0.1) is 6.42 Å². The van der Waals surface area contributed by atoms with Crippen LogP contribution in [-0.4, -0.2) is 24.5 Å². The average Bonchev–Trinajstić information content (AvgIpc) is 2.28. The second-order valence-corrected chi connectivity index (χ2v) is 4.37. The number of hydrogen-bond donors (Lipinski definition) is 0. The first-order valence-electron chi connectivity index (χ1n) is 5.64. The number of benzene rings is 1. The molecule has 0 fully saturated rings. The van der Waals surface area contributed by atoms with Crippen molar-refractivity contribution in [2.75, 3.05) is 13.6 Å². The third-order valence-electron chi connectivity index (χ3n) is 2.88. The van der Waals surface area contributed by atoms with Gasteiger partial charge in [-0.2, -0.15) is 13.2 Å². The number of alkyl halides is 3. The number of nitrogens with zero attached hydrogens (tertiary/aromatic N) is 1. The van der Waals surface area contributed by atoms with Crippen LogP contribution in [0.15, 0.2) is 24.3 Å². The summed E-state index contributed by atoms with van der Waals surface area (Å²) in [5, 5.41) is 0. The van der Waals surface area contributed by atoms with Crippen LogP contribution in [0.3, 0.4) is 0 Å². The highest BCUT2D eigenvalue weighted by Crippen LogP contribution is 2.29. The molecule has 1 atom stereocenters. The van der Waals surface area contributed by atoms with Crippen molar-refractivity contribution in [3.63, 3.8) is 0 Å². The minimum absolute atomic E-state index is 0.101. The van der Waals surface area contributed by atoms with Gasteiger partial charge in [0.05, 0.1) is 12.1 Å². The summed E-state index contributed by atoms with van der Waals surface area (Å²) >= 11 is 0. The zero-order chi connectivity index (χ0) is 13.8. The summed E-state index contributed by atoms with van der Waals surface area (Å²) in [6.45, 7) is 2.43. The lowest BCUT2D eigenvalue weighted by molar-refractivity contribution is -0.137. The van der Waals surface area contributed by atoms with Gasteiger partial charge in [-0.1, -0.05) is 24.1 Å². The highest BCUT2D eigenvalue weighted by molar-refractivity contribution is 5.26. The van der Waals surface area contributed by atoms with Gasteiger partial charge in [-0.05, 0) is 32.0 Å². The first-order chi connectivity index (χ1) is 8.34. The quantitative estimate of drug-likeness (QED) is 0.747. The van der Waals surface area contributed by atoms with Crippen LogP contribution in [-0.2, 0) is 12.6 Å². The van der Waals surface area contributed by atoms with Crippen LogP contribution in [0, 0.1) is 12.3 Å². The van der Waals surface area contributed by atoms with E-state index < -0.39 is 11.7 Å². The van der Waals surface area contributed by atoms with Gasteiger partial charge in [0.1, 0.15) is 0 Å². The fourth-order valence-corrected chi connectivity index (χ4v) is 1.67. The van der Waals surface area contributed by atoms with Crippen molar-refractivity contribution in [1.82, 2.24) is 4.90 Å². The first-order valence-corrected chi connectivity index (χ1v) is 5.64. The number of rotatable bonds is 4. The van der Waals surface area contributed by atoms with Crippen molar-refractivity contribution in [1.29, 1.82) is 0 Å². The van der Waals surface area contributed by atoms with Crippen molar-refractivity contribution in [3.05, 3.63) is 35.4 Å². The van der Waals surface area contributed by atoms with E-state index in [1.807, 2.05) is 18.9 Å². The van der Waals surface area contributed by atoms with Gasteiger partial charge >= 0.3 is 6.18 Å². The second kappa shape index (κ2) is 5.92. The van der Waals surface area contributed by atoms with Crippen LogP contribution < -0.4 is 0 Å². The van der Waals surface area contributed by atoms with Crippen LogP contribution >= 0.6 is 0 Å². The van der Waals surface area contributed by atoms with Gasteiger partial charge in [-0.25, -0.2) is 0 Å². The summed E-state index contributed by atoms with van der Waals surface area (Å²) in [7, 11) is 1.86. The molecule has 0 N–H and O–H groups in total. The molecule has 4 heteroatoms. The Balaban J connectivity index is 2.77. The van der Waals surface area contributed by atoms with E-state index in [4.69, 9.17) is 6.42 Å². The van der Waals surface area contributed by atoms with Gasteiger partial charge in [0.15, 0.2) is 0 Å². The molecule has 0 heterocycles. The molecule has 0 aliphatic rings. The predicted molar refractivity (Wildman–Crippen MR) is 66.1 cm³/mol. The topological polar surface area (TPSA) is 3.24 Å². The van der Waals surface area contributed by atoms with Gasteiger partial charge in [-0.3, -0.25) is 4.90 Å². The standard InChI is InChI=1S/C14H16F3N/c1-4-8-18(3)11(2)9-12-6-5-7-13(10-12)14(15,16)17/h1,5-7,10-11H,8-9H2,2-3H3/t11-/m0/s1. The molecule has 0 aliphatic heterocycles. The lowest BCUT2D eigenvalue weighted by Gasteiger charge is -2.22. The van der Waals surface area contributed by atoms with Crippen molar-refractivity contribution < 1.29 is 13.2 Å². The Kier molecular flexibility index (Phi) is 4.80. The Labute approximate surface area is 106 Å². The van der Waals surface area contributed by atoms with Crippen LogP contribution in [0.2, 0.25) is 0 Å². The Morgan fingerprint density at radius 3 is 2.61 bits per heavy atom. The molecule has 0 aliphatic carbocycles. The number of hydrogen-bond acceptors (Lipinski definition) is 1. The van der Waals surface area contributed by atoms with E-state index >= 15 is 0 Å². The minimum atomic E-state index is -4.29. The molecule has 0 aromatic heterocycles. The molecule has 0 saturated carbocycles. The van der Waals surface area contributed by atoms with Gasteiger partial charge in [0, 0.05) is 6.04 Å². The minimum Gasteiger partial charge on any atom is -0.292 e. The molecule has 98 valence electrons. The molecule has 1 aromatic rings. The monoisotopic (exact) mass is 255 g/mol. The SMILES string of the molecule is C#CCN(C)[C@@H](C)Cc1cccc(C(F)(F)F)c1. The third kappa shape index (κ3) is 4.08. The van der Waals surface area contributed by atoms with Crippen molar-refractivity contribution in [3.8, 4) is 12.3 Å². The summed E-state index contributed by atoms with van der Waals surface area (Å²) in [5.41, 5.74) is 0.0630. The molecule has 18 heavy (non-hydrogen) atoms. The molecular formula is C14H16F3N. The van der Waals surface area contributed by atoms with Crippen molar-refractivity contribution >= 4 is 0 Å². The summed E-state index contributed by atoms with van der Waals surface area (Å²) < 4.78 is 37.6. The third-order valence-corrected chi connectivity index (χ3v) is 2.88. The van der Waals surface area contributed by atoms with E-state index in [1.165, 1.54) is 12.1 Å². The summed E-state index contributed by atoms with van der Waals surface area (Å²) in [6, 6.07) is 5.52. The fraction of sp³-hybridized carbons (Fsp3) is 0.429. The Morgan fingerprint density at radius 1 is 1.39 bits per heavy atom. The zero-order valence-electron chi connectivity index (χ0n) is 10.5. The molecule has 1 aromatic carbocycles. The first kappa shape index (κ1) is 14.6.